The van der Waals surface area contributed by atoms with Gasteiger partial charge in [-0.15, -0.1) is 0 Å². The quantitative estimate of drug-likeness (QED) is 0.553. The summed E-state index contributed by atoms with van der Waals surface area (Å²) in [6.45, 7) is 1.45. The zero-order valence-corrected chi connectivity index (χ0v) is 16.2. The number of aliphatic imine (C=N–C) groups is 1. The molecule has 0 aromatic heterocycles. The predicted molar refractivity (Wildman–Crippen MR) is 109 cm³/mol. The molecule has 2 aromatic rings. The predicted octanol–water partition coefficient (Wildman–Crippen LogP) is 2.06. The van der Waals surface area contributed by atoms with Crippen molar-refractivity contribution in [3.63, 3.8) is 0 Å². The standard InChI is InChI=1S/C21H28N4O2/c1-25(2)20(26)16-24-21(22-14-13-17-7-5-4-6-8-17)23-15-18-9-11-19(27-3)12-10-18/h4-12H,13-16H2,1-3H3,(H2,22,23,24). The summed E-state index contributed by atoms with van der Waals surface area (Å²) in [5.74, 6) is 1.44. The first-order chi connectivity index (χ1) is 13.1. The molecule has 2 N–H and O–H groups in total. The van der Waals surface area contributed by atoms with Gasteiger partial charge in [-0.2, -0.15) is 0 Å². The van der Waals surface area contributed by atoms with Gasteiger partial charge in [0.05, 0.1) is 20.2 Å². The van der Waals surface area contributed by atoms with Gasteiger partial charge in [-0.05, 0) is 29.7 Å². The van der Waals surface area contributed by atoms with Gasteiger partial charge in [-0.3, -0.25) is 4.79 Å². The van der Waals surface area contributed by atoms with Crippen LogP contribution < -0.4 is 15.4 Å². The Labute approximate surface area is 161 Å². The molecule has 6 heteroatoms. The highest BCUT2D eigenvalue weighted by Crippen LogP contribution is 2.11. The molecule has 0 spiro atoms. The Morgan fingerprint density at radius 3 is 2.33 bits per heavy atom. The summed E-state index contributed by atoms with van der Waals surface area (Å²) in [4.78, 5) is 18.0. The van der Waals surface area contributed by atoms with E-state index in [1.807, 2.05) is 42.5 Å². The van der Waals surface area contributed by atoms with E-state index in [-0.39, 0.29) is 12.5 Å². The van der Waals surface area contributed by atoms with E-state index in [1.165, 1.54) is 5.56 Å². The number of hydrogen-bond acceptors (Lipinski definition) is 3. The van der Waals surface area contributed by atoms with E-state index in [9.17, 15) is 4.79 Å². The number of carbonyl (C=O) groups excluding carboxylic acids is 1. The maximum absolute atomic E-state index is 11.9. The molecule has 0 aliphatic heterocycles. The highest BCUT2D eigenvalue weighted by molar-refractivity contribution is 5.86. The van der Waals surface area contributed by atoms with Gasteiger partial charge in [0, 0.05) is 20.6 Å². The van der Waals surface area contributed by atoms with Crippen molar-refractivity contribution in [2.45, 2.75) is 13.0 Å². The molecule has 0 atom stereocenters. The number of rotatable bonds is 8. The number of ether oxygens (including phenoxy) is 1. The minimum Gasteiger partial charge on any atom is -0.497 e. The maximum atomic E-state index is 11.9. The fraction of sp³-hybridized carbons (Fsp3) is 0.333. The molecule has 0 radical (unpaired) electrons. The van der Waals surface area contributed by atoms with Gasteiger partial charge in [0.25, 0.3) is 0 Å². The van der Waals surface area contributed by atoms with E-state index in [0.717, 1.165) is 24.3 Å². The summed E-state index contributed by atoms with van der Waals surface area (Å²) in [6, 6.07) is 18.0. The molecule has 144 valence electrons. The van der Waals surface area contributed by atoms with Crippen LogP contribution in [0.15, 0.2) is 59.6 Å². The topological polar surface area (TPSA) is 66.0 Å². The molecule has 6 nitrogen and oxygen atoms in total. The van der Waals surface area contributed by atoms with Crippen molar-refractivity contribution in [2.24, 2.45) is 4.99 Å². The molecule has 0 aliphatic rings. The van der Waals surface area contributed by atoms with Crippen LogP contribution in [0, 0.1) is 0 Å². The molecule has 0 saturated heterocycles. The number of hydrogen-bond donors (Lipinski definition) is 2. The highest BCUT2D eigenvalue weighted by Gasteiger charge is 2.06. The SMILES string of the molecule is COc1ccc(CN=C(NCCc2ccccc2)NCC(=O)N(C)C)cc1. The van der Waals surface area contributed by atoms with Crippen LogP contribution in [0.1, 0.15) is 11.1 Å². The number of amides is 1. The largest absolute Gasteiger partial charge is 0.497 e. The monoisotopic (exact) mass is 368 g/mol. The number of nitrogens with one attached hydrogen (secondary N) is 2. The second-order valence-corrected chi connectivity index (χ2v) is 6.32. The molecule has 27 heavy (non-hydrogen) atoms. The Kier molecular flexibility index (Phi) is 8.16. The fourth-order valence-corrected chi connectivity index (χ4v) is 2.36. The molecule has 0 fully saturated rings. The van der Waals surface area contributed by atoms with Gasteiger partial charge in [-0.25, -0.2) is 4.99 Å². The van der Waals surface area contributed by atoms with Gasteiger partial charge in [0.1, 0.15) is 5.75 Å². The molecular formula is C21H28N4O2. The van der Waals surface area contributed by atoms with E-state index in [2.05, 4.69) is 27.8 Å². The lowest BCUT2D eigenvalue weighted by Crippen LogP contribution is -2.43. The Morgan fingerprint density at radius 2 is 1.70 bits per heavy atom. The van der Waals surface area contributed by atoms with Gasteiger partial charge in [-0.1, -0.05) is 42.5 Å². The summed E-state index contributed by atoms with van der Waals surface area (Å²) in [5, 5.41) is 6.40. The second kappa shape index (κ2) is 10.9. The van der Waals surface area contributed by atoms with Crippen LogP contribution in [-0.4, -0.2) is 51.1 Å². The summed E-state index contributed by atoms with van der Waals surface area (Å²) in [7, 11) is 5.12. The van der Waals surface area contributed by atoms with Crippen LogP contribution in [0.4, 0.5) is 0 Å². The molecule has 0 saturated carbocycles. The van der Waals surface area contributed by atoms with Crippen molar-refractivity contribution in [1.29, 1.82) is 0 Å². The van der Waals surface area contributed by atoms with Crippen molar-refractivity contribution >= 4 is 11.9 Å². The lowest BCUT2D eigenvalue weighted by Gasteiger charge is -2.15. The number of nitrogens with zero attached hydrogens (tertiary/aromatic N) is 2. The van der Waals surface area contributed by atoms with E-state index < -0.39 is 0 Å². The zero-order chi connectivity index (χ0) is 19.5. The Bertz CT molecular complexity index is 728. The fourth-order valence-electron chi connectivity index (χ4n) is 2.36. The normalized spacial score (nSPS) is 11.0. The number of likely N-dealkylation sites (N-methyl/N-ethyl adjacent to an activating group) is 1. The van der Waals surface area contributed by atoms with E-state index >= 15 is 0 Å². The molecule has 0 unspecified atom stereocenters. The summed E-state index contributed by atoms with van der Waals surface area (Å²) in [6.07, 6.45) is 0.881. The van der Waals surface area contributed by atoms with Crippen LogP contribution in [0.5, 0.6) is 5.75 Å². The second-order valence-electron chi connectivity index (χ2n) is 6.32. The first-order valence-corrected chi connectivity index (χ1v) is 8.97. The molecule has 1 amide bonds. The van der Waals surface area contributed by atoms with Crippen LogP contribution in [-0.2, 0) is 17.8 Å². The third kappa shape index (κ3) is 7.40. The Morgan fingerprint density at radius 1 is 1.00 bits per heavy atom. The first kappa shape index (κ1) is 20.3. The lowest BCUT2D eigenvalue weighted by atomic mass is 10.1. The van der Waals surface area contributed by atoms with Crippen molar-refractivity contribution in [2.75, 3.05) is 34.3 Å². The zero-order valence-electron chi connectivity index (χ0n) is 16.2. The van der Waals surface area contributed by atoms with Crippen molar-refractivity contribution < 1.29 is 9.53 Å². The van der Waals surface area contributed by atoms with Crippen LogP contribution >= 0.6 is 0 Å². The smallest absolute Gasteiger partial charge is 0.241 e. The highest BCUT2D eigenvalue weighted by atomic mass is 16.5. The van der Waals surface area contributed by atoms with Gasteiger partial charge in [0.15, 0.2) is 5.96 Å². The van der Waals surface area contributed by atoms with E-state index in [1.54, 1.807) is 26.1 Å². The summed E-state index contributed by atoms with van der Waals surface area (Å²) >= 11 is 0. The van der Waals surface area contributed by atoms with E-state index in [4.69, 9.17) is 4.74 Å². The van der Waals surface area contributed by atoms with Gasteiger partial charge in [0.2, 0.25) is 5.91 Å². The molecule has 0 aliphatic carbocycles. The maximum Gasteiger partial charge on any atom is 0.241 e. The molecule has 0 heterocycles. The summed E-state index contributed by atoms with van der Waals surface area (Å²) in [5.41, 5.74) is 2.32. The van der Waals surface area contributed by atoms with E-state index in [0.29, 0.717) is 12.5 Å². The van der Waals surface area contributed by atoms with Gasteiger partial charge >= 0.3 is 0 Å². The number of methoxy groups -OCH3 is 1. The van der Waals surface area contributed by atoms with Crippen LogP contribution in [0.2, 0.25) is 0 Å². The minimum absolute atomic E-state index is 0.00277. The molecular weight excluding hydrogens is 340 g/mol. The first-order valence-electron chi connectivity index (χ1n) is 8.97. The third-order valence-electron chi connectivity index (χ3n) is 4.03. The third-order valence-corrected chi connectivity index (χ3v) is 4.03. The molecule has 0 bridgehead atoms. The number of carbonyl (C=O) groups is 1. The van der Waals surface area contributed by atoms with Crippen molar-refractivity contribution in [3.8, 4) is 5.75 Å². The van der Waals surface area contributed by atoms with Crippen LogP contribution in [0.3, 0.4) is 0 Å². The van der Waals surface area contributed by atoms with Crippen molar-refractivity contribution in [1.82, 2.24) is 15.5 Å². The number of guanidine groups is 1. The summed E-state index contributed by atoms with van der Waals surface area (Å²) < 4.78 is 5.17. The van der Waals surface area contributed by atoms with Gasteiger partial charge < -0.3 is 20.3 Å². The van der Waals surface area contributed by atoms with Crippen molar-refractivity contribution in [3.05, 3.63) is 65.7 Å². The molecule has 2 rings (SSSR count). The van der Waals surface area contributed by atoms with Crippen LogP contribution in [0.25, 0.3) is 0 Å². The Balaban J connectivity index is 1.95. The lowest BCUT2D eigenvalue weighted by molar-refractivity contribution is -0.127. The average Bonchev–Trinajstić information content (AvgIpc) is 2.70. The Hall–Kier alpha value is -3.02. The molecule has 2 aromatic carbocycles. The minimum atomic E-state index is -0.00277. The average molecular weight is 368 g/mol. The number of benzene rings is 2.